The standard InChI is InChI=1S/C60H45N/c1-58(2)47-24-12-11-22-44(47)45-32-30-41(35-54(45)58)40-31-33-48-46(34-40)57-43(42-36-55(38-18-7-5-8-19-38)61-56(37-42)39-20-9-6-10-21-39)23-17-29-53(57)60(48)51-27-15-13-25-49(51)59(3,4)50-26-14-16-28-52(50)60/h5-37H,1-4H3. The minimum atomic E-state index is -0.513. The maximum absolute atomic E-state index is 5.30. The van der Waals surface area contributed by atoms with Gasteiger partial charge in [-0.05, 0) is 113 Å². The quantitative estimate of drug-likeness (QED) is 0.173. The Morgan fingerprint density at radius 3 is 1.39 bits per heavy atom. The van der Waals surface area contributed by atoms with E-state index in [0.29, 0.717) is 0 Å². The SMILES string of the molecule is CC1(C)c2ccccc2-c2ccc(-c3ccc4c(c3)-c3c(-c5cc(-c6ccccc6)nc(-c6ccccc6)c5)cccc3C43c4ccccc4C(C)(C)c4ccccc43)cc21. The fourth-order valence-corrected chi connectivity index (χ4v) is 11.5. The number of rotatable bonds is 4. The third-order valence-corrected chi connectivity index (χ3v) is 14.4. The van der Waals surface area contributed by atoms with E-state index >= 15 is 0 Å². The highest BCUT2D eigenvalue weighted by molar-refractivity contribution is 5.99. The van der Waals surface area contributed by atoms with Gasteiger partial charge in [0.25, 0.3) is 0 Å². The van der Waals surface area contributed by atoms with Gasteiger partial charge < -0.3 is 0 Å². The van der Waals surface area contributed by atoms with Crippen molar-refractivity contribution in [3.8, 4) is 67.0 Å². The molecule has 0 aliphatic heterocycles. The van der Waals surface area contributed by atoms with Gasteiger partial charge in [0.1, 0.15) is 0 Å². The van der Waals surface area contributed by atoms with Gasteiger partial charge in [0.2, 0.25) is 0 Å². The normalized spacial score (nSPS) is 15.3. The molecule has 1 aromatic heterocycles. The van der Waals surface area contributed by atoms with Gasteiger partial charge in [-0.15, -0.1) is 0 Å². The molecule has 3 aliphatic carbocycles. The summed E-state index contributed by atoms with van der Waals surface area (Å²) in [5.74, 6) is 0. The zero-order chi connectivity index (χ0) is 41.1. The lowest BCUT2D eigenvalue weighted by atomic mass is 9.55. The van der Waals surface area contributed by atoms with E-state index in [1.807, 2.05) is 0 Å². The van der Waals surface area contributed by atoms with Crippen LogP contribution in [0.5, 0.6) is 0 Å². The van der Waals surface area contributed by atoms with Crippen molar-refractivity contribution in [3.63, 3.8) is 0 Å². The van der Waals surface area contributed by atoms with Crippen LogP contribution in [0, 0.1) is 0 Å². The van der Waals surface area contributed by atoms with Crippen LogP contribution in [0.1, 0.15) is 72.2 Å². The highest BCUT2D eigenvalue weighted by Crippen LogP contribution is 2.64. The Hall–Kier alpha value is -7.09. The summed E-state index contributed by atoms with van der Waals surface area (Å²) in [6.07, 6.45) is 0. The maximum atomic E-state index is 5.30. The lowest BCUT2D eigenvalue weighted by molar-refractivity contribution is 0.563. The van der Waals surface area contributed by atoms with Crippen molar-refractivity contribution < 1.29 is 0 Å². The van der Waals surface area contributed by atoms with Crippen LogP contribution < -0.4 is 0 Å². The molecular weight excluding hydrogens is 735 g/mol. The summed E-state index contributed by atoms with van der Waals surface area (Å²) < 4.78 is 0. The maximum Gasteiger partial charge on any atom is 0.0719 e. The van der Waals surface area contributed by atoms with Crippen molar-refractivity contribution in [2.75, 3.05) is 0 Å². The largest absolute Gasteiger partial charge is 0.248 e. The van der Waals surface area contributed by atoms with E-state index < -0.39 is 5.41 Å². The molecule has 61 heavy (non-hydrogen) atoms. The summed E-state index contributed by atoms with van der Waals surface area (Å²) in [5, 5.41) is 0. The van der Waals surface area contributed by atoms with Gasteiger partial charge in [-0.3, -0.25) is 0 Å². The molecular formula is C60H45N. The van der Waals surface area contributed by atoms with Gasteiger partial charge in [0.15, 0.2) is 0 Å². The first-order valence-corrected chi connectivity index (χ1v) is 21.6. The van der Waals surface area contributed by atoms with Gasteiger partial charge in [-0.25, -0.2) is 4.98 Å². The third-order valence-electron chi connectivity index (χ3n) is 14.4. The molecule has 0 unspecified atom stereocenters. The Bertz CT molecular complexity index is 3130. The topological polar surface area (TPSA) is 12.9 Å². The predicted octanol–water partition coefficient (Wildman–Crippen LogP) is 15.1. The summed E-state index contributed by atoms with van der Waals surface area (Å²) in [4.78, 5) is 5.30. The zero-order valence-electron chi connectivity index (χ0n) is 35.0. The average molecular weight is 780 g/mol. The van der Waals surface area contributed by atoms with E-state index in [2.05, 4.69) is 228 Å². The second kappa shape index (κ2) is 13.0. The summed E-state index contributed by atoms with van der Waals surface area (Å²) >= 11 is 0. The average Bonchev–Trinajstić information content (AvgIpc) is 3.74. The van der Waals surface area contributed by atoms with Crippen molar-refractivity contribution in [1.29, 1.82) is 0 Å². The number of nitrogens with zero attached hydrogens (tertiary/aromatic N) is 1. The molecule has 0 amide bonds. The molecule has 0 atom stereocenters. The van der Waals surface area contributed by atoms with Crippen molar-refractivity contribution in [2.45, 2.75) is 43.9 Å². The molecule has 0 fully saturated rings. The molecule has 0 bridgehead atoms. The van der Waals surface area contributed by atoms with E-state index in [9.17, 15) is 0 Å². The summed E-state index contributed by atoms with van der Waals surface area (Å²) in [6, 6.07) is 74.8. The number of hydrogen-bond donors (Lipinski definition) is 0. The molecule has 1 nitrogen and oxygen atoms in total. The molecule has 12 rings (SSSR count). The van der Waals surface area contributed by atoms with E-state index in [1.165, 1.54) is 83.5 Å². The van der Waals surface area contributed by atoms with Crippen molar-refractivity contribution in [3.05, 3.63) is 245 Å². The Morgan fingerprint density at radius 1 is 0.279 bits per heavy atom. The number of pyridine rings is 1. The van der Waals surface area contributed by atoms with E-state index in [1.54, 1.807) is 0 Å². The first-order chi connectivity index (χ1) is 29.8. The molecule has 1 heteroatoms. The lowest BCUT2D eigenvalue weighted by Gasteiger charge is -2.46. The molecule has 0 radical (unpaired) electrons. The second-order valence-corrected chi connectivity index (χ2v) is 18.2. The Morgan fingerprint density at radius 2 is 0.754 bits per heavy atom. The fraction of sp³-hybridized carbons (Fsp3) is 0.117. The van der Waals surface area contributed by atoms with Crippen LogP contribution in [0.25, 0.3) is 67.0 Å². The van der Waals surface area contributed by atoms with Gasteiger partial charge in [0, 0.05) is 22.0 Å². The minimum absolute atomic E-state index is 0.0842. The van der Waals surface area contributed by atoms with E-state index in [-0.39, 0.29) is 10.8 Å². The molecule has 1 heterocycles. The first-order valence-electron chi connectivity index (χ1n) is 21.6. The predicted molar refractivity (Wildman–Crippen MR) is 253 cm³/mol. The van der Waals surface area contributed by atoms with Gasteiger partial charge in [-0.2, -0.15) is 0 Å². The highest BCUT2D eigenvalue weighted by Gasteiger charge is 2.53. The summed E-state index contributed by atoms with van der Waals surface area (Å²) in [7, 11) is 0. The molecule has 290 valence electrons. The van der Waals surface area contributed by atoms with E-state index in [0.717, 1.165) is 28.1 Å². The number of aromatic nitrogens is 1. The van der Waals surface area contributed by atoms with Crippen LogP contribution in [0.2, 0.25) is 0 Å². The third kappa shape index (κ3) is 4.98. The molecule has 0 saturated heterocycles. The lowest BCUT2D eigenvalue weighted by Crippen LogP contribution is -2.40. The molecule has 3 aliphatic rings. The first kappa shape index (κ1) is 35.8. The van der Waals surface area contributed by atoms with Crippen LogP contribution in [0.4, 0.5) is 0 Å². The minimum Gasteiger partial charge on any atom is -0.248 e. The van der Waals surface area contributed by atoms with Crippen molar-refractivity contribution in [1.82, 2.24) is 4.98 Å². The van der Waals surface area contributed by atoms with Crippen LogP contribution in [-0.2, 0) is 16.2 Å². The Balaban J connectivity index is 1.16. The van der Waals surface area contributed by atoms with Gasteiger partial charge in [0.05, 0.1) is 16.8 Å². The molecule has 9 aromatic rings. The number of hydrogen-bond acceptors (Lipinski definition) is 1. The summed E-state index contributed by atoms with van der Waals surface area (Å²) in [5.41, 5.74) is 24.4. The molecule has 8 aromatic carbocycles. The van der Waals surface area contributed by atoms with Gasteiger partial charge in [-0.1, -0.05) is 204 Å². The summed E-state index contributed by atoms with van der Waals surface area (Å²) in [6.45, 7) is 9.54. The van der Waals surface area contributed by atoms with Crippen molar-refractivity contribution in [2.24, 2.45) is 0 Å². The zero-order valence-corrected chi connectivity index (χ0v) is 35.0. The highest BCUT2D eigenvalue weighted by atomic mass is 14.7. The second-order valence-electron chi connectivity index (χ2n) is 18.2. The fourth-order valence-electron chi connectivity index (χ4n) is 11.5. The van der Waals surface area contributed by atoms with Gasteiger partial charge >= 0.3 is 0 Å². The molecule has 0 saturated carbocycles. The Labute approximate surface area is 359 Å². The molecule has 0 N–H and O–H groups in total. The van der Waals surface area contributed by atoms with Crippen molar-refractivity contribution >= 4 is 0 Å². The smallest absolute Gasteiger partial charge is 0.0719 e. The van der Waals surface area contributed by atoms with E-state index in [4.69, 9.17) is 4.98 Å². The monoisotopic (exact) mass is 779 g/mol. The Kier molecular flexibility index (Phi) is 7.61. The van der Waals surface area contributed by atoms with Crippen LogP contribution in [0.15, 0.2) is 200 Å². The van der Waals surface area contributed by atoms with Crippen LogP contribution in [0.3, 0.4) is 0 Å². The van der Waals surface area contributed by atoms with Crippen LogP contribution in [-0.4, -0.2) is 4.98 Å². The number of fused-ring (bicyclic) bond motifs is 12. The van der Waals surface area contributed by atoms with Crippen LogP contribution >= 0.6 is 0 Å². The number of benzene rings is 8. The molecule has 1 spiro atoms.